The number of anilines is 1. The number of rotatable bonds is 4. The van der Waals surface area contributed by atoms with Crippen LogP contribution in [0.25, 0.3) is 22.2 Å². The van der Waals surface area contributed by atoms with Gasteiger partial charge in [0.2, 0.25) is 10.0 Å². The van der Waals surface area contributed by atoms with E-state index in [1.807, 2.05) is 24.3 Å². The number of benzene rings is 3. The van der Waals surface area contributed by atoms with Gasteiger partial charge >= 0.3 is 0 Å². The van der Waals surface area contributed by atoms with Gasteiger partial charge in [0.05, 0.1) is 30.2 Å². The molecule has 0 unspecified atom stereocenters. The Kier molecular flexibility index (Phi) is 5.26. The highest BCUT2D eigenvalue weighted by Gasteiger charge is 2.22. The van der Waals surface area contributed by atoms with Crippen molar-refractivity contribution in [1.82, 2.24) is 14.9 Å². The average Bonchev–Trinajstić information content (AvgIpc) is 3.15. The number of aromatic nitrogens is 2. The largest absolute Gasteiger partial charge is 0.491 e. The molecule has 1 amide bonds. The van der Waals surface area contributed by atoms with Crippen molar-refractivity contribution >= 4 is 32.7 Å². The van der Waals surface area contributed by atoms with Crippen molar-refractivity contribution in [3.63, 3.8) is 0 Å². The Morgan fingerprint density at radius 3 is 2.61 bits per heavy atom. The quantitative estimate of drug-likeness (QED) is 0.482. The smallest absolute Gasteiger partial charge is 0.254 e. The molecule has 2 N–H and O–H groups in total. The molecule has 0 fully saturated rings. The van der Waals surface area contributed by atoms with E-state index in [1.54, 1.807) is 35.5 Å². The third kappa shape index (κ3) is 4.54. The number of aromatic amines is 1. The van der Waals surface area contributed by atoms with E-state index in [1.165, 1.54) is 0 Å². The van der Waals surface area contributed by atoms with Gasteiger partial charge in [0, 0.05) is 23.4 Å². The van der Waals surface area contributed by atoms with Crippen molar-refractivity contribution < 1.29 is 17.9 Å². The van der Waals surface area contributed by atoms with Gasteiger partial charge in [-0.3, -0.25) is 9.52 Å². The molecule has 1 aromatic heterocycles. The minimum absolute atomic E-state index is 0.137. The van der Waals surface area contributed by atoms with Crippen molar-refractivity contribution in [3.8, 4) is 16.9 Å². The van der Waals surface area contributed by atoms with Crippen LogP contribution in [0, 0.1) is 0 Å². The zero-order valence-electron chi connectivity index (χ0n) is 17.9. The summed E-state index contributed by atoms with van der Waals surface area (Å²) in [4.78, 5) is 22.3. The monoisotopic (exact) mass is 462 g/mol. The third-order valence-corrected chi connectivity index (χ3v) is 6.12. The molecule has 1 aliphatic heterocycles. The number of H-pyrrole nitrogens is 1. The predicted octanol–water partition coefficient (Wildman–Crippen LogP) is 3.64. The second-order valence-corrected chi connectivity index (χ2v) is 9.73. The zero-order valence-corrected chi connectivity index (χ0v) is 18.7. The SMILES string of the molecule is CS(=O)(=O)Nc1ccc(C(=O)N2CCOc3ccc(-c4ccc5nc[nH]c5c4)cc3C2)cc1. The van der Waals surface area contributed by atoms with Crippen LogP contribution >= 0.6 is 0 Å². The van der Waals surface area contributed by atoms with Crippen molar-refractivity contribution in [2.24, 2.45) is 0 Å². The van der Waals surface area contributed by atoms with Gasteiger partial charge in [-0.25, -0.2) is 13.4 Å². The summed E-state index contributed by atoms with van der Waals surface area (Å²) in [6, 6.07) is 18.5. The Hall–Kier alpha value is -3.85. The van der Waals surface area contributed by atoms with E-state index in [0.717, 1.165) is 39.7 Å². The maximum absolute atomic E-state index is 13.2. The predicted molar refractivity (Wildman–Crippen MR) is 127 cm³/mol. The van der Waals surface area contributed by atoms with Gasteiger partial charge in [-0.05, 0) is 59.7 Å². The molecule has 0 saturated heterocycles. The minimum Gasteiger partial charge on any atom is -0.491 e. The lowest BCUT2D eigenvalue weighted by atomic mass is 10.0. The van der Waals surface area contributed by atoms with E-state index < -0.39 is 10.0 Å². The van der Waals surface area contributed by atoms with Crippen LogP contribution in [0.2, 0.25) is 0 Å². The third-order valence-electron chi connectivity index (χ3n) is 5.52. The first-order valence-electron chi connectivity index (χ1n) is 10.4. The van der Waals surface area contributed by atoms with E-state index in [-0.39, 0.29) is 5.91 Å². The maximum Gasteiger partial charge on any atom is 0.254 e. The lowest BCUT2D eigenvalue weighted by Gasteiger charge is -2.20. The van der Waals surface area contributed by atoms with E-state index in [4.69, 9.17) is 4.74 Å². The number of hydrogen-bond acceptors (Lipinski definition) is 5. The summed E-state index contributed by atoms with van der Waals surface area (Å²) < 4.78 is 31.1. The number of carbonyl (C=O) groups is 1. The number of imidazole rings is 1. The molecule has 0 radical (unpaired) electrons. The van der Waals surface area contributed by atoms with Crippen LogP contribution in [-0.2, 0) is 16.6 Å². The number of nitrogens with one attached hydrogen (secondary N) is 2. The summed E-state index contributed by atoms with van der Waals surface area (Å²) in [6.07, 6.45) is 2.76. The van der Waals surface area contributed by atoms with Gasteiger partial charge < -0.3 is 14.6 Å². The summed E-state index contributed by atoms with van der Waals surface area (Å²) in [7, 11) is -3.37. The summed E-state index contributed by atoms with van der Waals surface area (Å²) in [5.74, 6) is 0.631. The number of nitrogens with zero attached hydrogens (tertiary/aromatic N) is 2. The fourth-order valence-electron chi connectivity index (χ4n) is 3.94. The second-order valence-electron chi connectivity index (χ2n) is 7.98. The lowest BCUT2D eigenvalue weighted by molar-refractivity contribution is 0.0733. The molecule has 0 atom stereocenters. The normalized spacial score (nSPS) is 13.8. The molecule has 0 aliphatic carbocycles. The van der Waals surface area contributed by atoms with Gasteiger partial charge in [0.1, 0.15) is 12.4 Å². The van der Waals surface area contributed by atoms with Gasteiger partial charge in [0.25, 0.3) is 5.91 Å². The molecule has 9 heteroatoms. The fourth-order valence-corrected chi connectivity index (χ4v) is 4.50. The summed E-state index contributed by atoms with van der Waals surface area (Å²) >= 11 is 0. The van der Waals surface area contributed by atoms with Gasteiger partial charge in [-0.15, -0.1) is 0 Å². The highest BCUT2D eigenvalue weighted by Crippen LogP contribution is 2.31. The van der Waals surface area contributed by atoms with Crippen LogP contribution in [0.15, 0.2) is 67.0 Å². The van der Waals surface area contributed by atoms with E-state index >= 15 is 0 Å². The highest BCUT2D eigenvalue weighted by atomic mass is 32.2. The number of carbonyl (C=O) groups excluding carboxylic acids is 1. The summed E-state index contributed by atoms with van der Waals surface area (Å²) in [5.41, 5.74) is 5.77. The molecule has 0 saturated carbocycles. The Bertz CT molecular complexity index is 1450. The molecule has 4 aromatic rings. The Labute approximate surface area is 191 Å². The Morgan fingerprint density at radius 1 is 1.06 bits per heavy atom. The highest BCUT2D eigenvalue weighted by molar-refractivity contribution is 7.92. The number of ether oxygens (including phenoxy) is 1. The number of sulfonamides is 1. The van der Waals surface area contributed by atoms with Crippen LogP contribution in [0.5, 0.6) is 5.75 Å². The fraction of sp³-hybridized carbons (Fsp3) is 0.167. The van der Waals surface area contributed by atoms with Crippen LogP contribution in [0.1, 0.15) is 15.9 Å². The van der Waals surface area contributed by atoms with E-state index in [2.05, 4.69) is 26.8 Å². The van der Waals surface area contributed by atoms with Crippen molar-refractivity contribution in [1.29, 1.82) is 0 Å². The van der Waals surface area contributed by atoms with Crippen molar-refractivity contribution in [2.75, 3.05) is 24.1 Å². The molecule has 168 valence electrons. The van der Waals surface area contributed by atoms with E-state index in [9.17, 15) is 13.2 Å². The van der Waals surface area contributed by atoms with Crippen LogP contribution in [0.3, 0.4) is 0 Å². The number of amides is 1. The Balaban J connectivity index is 1.39. The van der Waals surface area contributed by atoms with Gasteiger partial charge in [-0.1, -0.05) is 12.1 Å². The molecule has 5 rings (SSSR count). The molecular weight excluding hydrogens is 440 g/mol. The number of fused-ring (bicyclic) bond motifs is 2. The maximum atomic E-state index is 13.2. The van der Waals surface area contributed by atoms with Crippen molar-refractivity contribution in [3.05, 3.63) is 78.1 Å². The number of hydrogen-bond donors (Lipinski definition) is 2. The van der Waals surface area contributed by atoms with Gasteiger partial charge in [-0.2, -0.15) is 0 Å². The topological polar surface area (TPSA) is 104 Å². The minimum atomic E-state index is -3.37. The molecule has 2 heterocycles. The first-order chi connectivity index (χ1) is 15.9. The molecule has 1 aliphatic rings. The standard InChI is InChI=1S/C24H22N4O4S/c1-33(30,31)27-20-6-2-16(3-7-20)24(29)28-10-11-32-23-9-5-17(12-19(23)14-28)18-4-8-21-22(13-18)26-15-25-21/h2-9,12-13,15,27H,10-11,14H2,1H3,(H,25,26). The first kappa shape index (κ1) is 21.0. The molecule has 33 heavy (non-hydrogen) atoms. The lowest BCUT2D eigenvalue weighted by Crippen LogP contribution is -2.32. The average molecular weight is 463 g/mol. The zero-order chi connectivity index (χ0) is 23.0. The summed E-state index contributed by atoms with van der Waals surface area (Å²) in [5, 5.41) is 0. The molecule has 0 spiro atoms. The molecule has 8 nitrogen and oxygen atoms in total. The Morgan fingerprint density at radius 2 is 1.82 bits per heavy atom. The van der Waals surface area contributed by atoms with Crippen LogP contribution in [-0.4, -0.2) is 48.6 Å². The first-order valence-corrected chi connectivity index (χ1v) is 12.3. The van der Waals surface area contributed by atoms with Crippen LogP contribution in [0.4, 0.5) is 5.69 Å². The summed E-state index contributed by atoms with van der Waals surface area (Å²) in [6.45, 7) is 1.26. The van der Waals surface area contributed by atoms with Crippen molar-refractivity contribution in [2.45, 2.75) is 6.54 Å². The molecular formula is C24H22N4O4S. The molecule has 3 aromatic carbocycles. The van der Waals surface area contributed by atoms with Gasteiger partial charge in [0.15, 0.2) is 0 Å². The molecule has 0 bridgehead atoms. The second kappa shape index (κ2) is 8.25. The van der Waals surface area contributed by atoms with Crippen LogP contribution < -0.4 is 9.46 Å². The van der Waals surface area contributed by atoms with E-state index in [0.29, 0.717) is 30.9 Å².